The number of nitrogens with zero attached hydrogens (tertiary/aromatic N) is 5. The lowest BCUT2D eigenvalue weighted by atomic mass is 10.1. The zero-order chi connectivity index (χ0) is 18.7. The summed E-state index contributed by atoms with van der Waals surface area (Å²) in [5, 5.41) is 10.9. The van der Waals surface area contributed by atoms with Crippen molar-refractivity contribution < 1.29 is 9.59 Å². The number of hydrogen-bond donors (Lipinski definition) is 1. The average Bonchev–Trinajstić information content (AvgIpc) is 3.22. The Labute approximate surface area is 154 Å². The summed E-state index contributed by atoms with van der Waals surface area (Å²) in [5.41, 5.74) is 0. The third-order valence-electron chi connectivity index (χ3n) is 5.54. The van der Waals surface area contributed by atoms with E-state index in [9.17, 15) is 9.59 Å². The normalized spacial score (nSPS) is 23.2. The van der Waals surface area contributed by atoms with Crippen LogP contribution in [0.25, 0.3) is 0 Å². The van der Waals surface area contributed by atoms with Gasteiger partial charge in [0.05, 0.1) is 6.54 Å². The largest absolute Gasteiger partial charge is 0.355 e. The molecule has 1 aromatic rings. The van der Waals surface area contributed by atoms with Crippen molar-refractivity contribution in [2.24, 2.45) is 13.0 Å². The van der Waals surface area contributed by atoms with Gasteiger partial charge in [-0.1, -0.05) is 0 Å². The maximum Gasteiger partial charge on any atom is 0.224 e. The van der Waals surface area contributed by atoms with E-state index in [4.69, 9.17) is 0 Å². The van der Waals surface area contributed by atoms with E-state index in [1.54, 1.807) is 18.2 Å². The number of aryl methyl sites for hydroxylation is 1. The number of carbonyl (C=O) groups excluding carboxylic acids is 2. The fourth-order valence-electron chi connectivity index (χ4n) is 3.72. The van der Waals surface area contributed by atoms with Crippen molar-refractivity contribution in [2.75, 3.05) is 20.1 Å². The van der Waals surface area contributed by atoms with Gasteiger partial charge in [-0.3, -0.25) is 14.5 Å². The highest BCUT2D eigenvalue weighted by Gasteiger charge is 2.38. The number of rotatable bonds is 8. The summed E-state index contributed by atoms with van der Waals surface area (Å²) in [5.74, 6) is 1.70. The zero-order valence-corrected chi connectivity index (χ0v) is 16.0. The molecule has 2 heterocycles. The molecule has 1 aromatic heterocycles. The van der Waals surface area contributed by atoms with Gasteiger partial charge in [0.2, 0.25) is 11.8 Å². The van der Waals surface area contributed by atoms with Crippen molar-refractivity contribution >= 4 is 11.8 Å². The molecule has 0 radical (unpaired) electrons. The molecule has 2 aliphatic rings. The topological polar surface area (TPSA) is 83.4 Å². The molecule has 2 atom stereocenters. The fraction of sp³-hybridized carbons (Fsp3) is 0.778. The van der Waals surface area contributed by atoms with Crippen LogP contribution in [0.3, 0.4) is 0 Å². The van der Waals surface area contributed by atoms with Crippen LogP contribution in [0.2, 0.25) is 0 Å². The van der Waals surface area contributed by atoms with Gasteiger partial charge >= 0.3 is 0 Å². The average molecular weight is 362 g/mol. The van der Waals surface area contributed by atoms with Crippen LogP contribution in [0.5, 0.6) is 0 Å². The molecule has 1 saturated carbocycles. The van der Waals surface area contributed by atoms with Crippen molar-refractivity contribution in [2.45, 2.75) is 57.7 Å². The number of nitrogens with one attached hydrogen (secondary N) is 1. The zero-order valence-electron chi connectivity index (χ0n) is 16.0. The molecule has 1 aliphatic heterocycles. The third-order valence-corrected chi connectivity index (χ3v) is 5.54. The van der Waals surface area contributed by atoms with E-state index in [1.165, 1.54) is 12.8 Å². The van der Waals surface area contributed by atoms with E-state index in [2.05, 4.69) is 20.4 Å². The molecule has 144 valence electrons. The van der Waals surface area contributed by atoms with Gasteiger partial charge in [0.25, 0.3) is 0 Å². The molecule has 2 amide bonds. The lowest BCUT2D eigenvalue weighted by Crippen LogP contribution is -2.45. The van der Waals surface area contributed by atoms with E-state index in [0.717, 1.165) is 31.1 Å². The second kappa shape index (κ2) is 8.16. The van der Waals surface area contributed by atoms with Gasteiger partial charge < -0.3 is 14.8 Å². The predicted molar refractivity (Wildman–Crippen MR) is 97.0 cm³/mol. The molecule has 0 aromatic carbocycles. The van der Waals surface area contributed by atoms with Crippen LogP contribution in [0.1, 0.15) is 44.9 Å². The van der Waals surface area contributed by atoms with Crippen LogP contribution in [0, 0.1) is 5.92 Å². The Bertz CT molecular complexity index is 641. The van der Waals surface area contributed by atoms with Gasteiger partial charge in [0.15, 0.2) is 5.82 Å². The van der Waals surface area contributed by atoms with Gasteiger partial charge in [-0.05, 0) is 31.6 Å². The van der Waals surface area contributed by atoms with Crippen LogP contribution in [0.4, 0.5) is 0 Å². The Balaban J connectivity index is 1.56. The summed E-state index contributed by atoms with van der Waals surface area (Å²) < 4.78 is 1.84. The SMILES string of the molecule is CC(=O)NC[C@H]1CC[C@@H](CC(=O)N(C)Cc2nncn2C)N1CC1CC1. The van der Waals surface area contributed by atoms with Crippen LogP contribution in [-0.4, -0.2) is 68.6 Å². The summed E-state index contributed by atoms with van der Waals surface area (Å²) in [7, 11) is 3.71. The first-order valence-electron chi connectivity index (χ1n) is 9.51. The Morgan fingerprint density at radius 1 is 1.27 bits per heavy atom. The maximum absolute atomic E-state index is 12.7. The Kier molecular flexibility index (Phi) is 5.90. The minimum absolute atomic E-state index is 0.0132. The monoisotopic (exact) mass is 362 g/mol. The summed E-state index contributed by atoms with van der Waals surface area (Å²) in [6.45, 7) is 3.76. The number of carbonyl (C=O) groups is 2. The van der Waals surface area contributed by atoms with Gasteiger partial charge in [-0.25, -0.2) is 0 Å². The van der Waals surface area contributed by atoms with E-state index in [1.807, 2.05) is 18.7 Å². The van der Waals surface area contributed by atoms with Crippen molar-refractivity contribution in [1.29, 1.82) is 0 Å². The molecule has 0 bridgehead atoms. The van der Waals surface area contributed by atoms with Crippen LogP contribution < -0.4 is 5.32 Å². The van der Waals surface area contributed by atoms with Crippen molar-refractivity contribution in [1.82, 2.24) is 29.9 Å². The lowest BCUT2D eigenvalue weighted by molar-refractivity contribution is -0.131. The molecular weight excluding hydrogens is 332 g/mol. The molecular formula is C18H30N6O2. The van der Waals surface area contributed by atoms with Gasteiger partial charge in [-0.15, -0.1) is 10.2 Å². The lowest BCUT2D eigenvalue weighted by Gasteiger charge is -2.31. The molecule has 1 aliphatic carbocycles. The smallest absolute Gasteiger partial charge is 0.224 e. The van der Waals surface area contributed by atoms with Crippen molar-refractivity contribution in [3.8, 4) is 0 Å². The highest BCUT2D eigenvalue weighted by Crippen LogP contribution is 2.35. The summed E-state index contributed by atoms with van der Waals surface area (Å²) in [6.07, 6.45) is 6.80. The highest BCUT2D eigenvalue weighted by atomic mass is 16.2. The maximum atomic E-state index is 12.7. The molecule has 8 heteroatoms. The van der Waals surface area contributed by atoms with Gasteiger partial charge in [0.1, 0.15) is 6.33 Å². The molecule has 0 spiro atoms. The number of amides is 2. The van der Waals surface area contributed by atoms with E-state index < -0.39 is 0 Å². The third kappa shape index (κ3) is 4.81. The molecule has 1 N–H and O–H groups in total. The summed E-state index contributed by atoms with van der Waals surface area (Å²) >= 11 is 0. The standard InChI is InChI=1S/C18H30N6O2/c1-13(25)19-9-16-7-6-15(24(16)10-14-4-5-14)8-18(26)22(2)11-17-21-20-12-23(17)3/h12,14-16H,4-11H2,1-3H3,(H,19,25)/t15-,16+/m0/s1. The van der Waals surface area contributed by atoms with Crippen LogP contribution in [-0.2, 0) is 23.2 Å². The quantitative estimate of drug-likeness (QED) is 0.730. The molecule has 1 saturated heterocycles. The molecule has 26 heavy (non-hydrogen) atoms. The number of aromatic nitrogens is 3. The van der Waals surface area contributed by atoms with Crippen molar-refractivity contribution in [3.05, 3.63) is 12.2 Å². The minimum Gasteiger partial charge on any atom is -0.355 e. The first-order valence-corrected chi connectivity index (χ1v) is 9.51. The van der Waals surface area contributed by atoms with Gasteiger partial charge in [0, 0.05) is 52.6 Å². The minimum atomic E-state index is 0.0132. The first kappa shape index (κ1) is 18.8. The summed E-state index contributed by atoms with van der Waals surface area (Å²) in [4.78, 5) is 28.2. The molecule has 8 nitrogen and oxygen atoms in total. The molecule has 2 fully saturated rings. The van der Waals surface area contributed by atoms with Crippen molar-refractivity contribution in [3.63, 3.8) is 0 Å². The molecule has 0 unspecified atom stereocenters. The van der Waals surface area contributed by atoms with E-state index in [-0.39, 0.29) is 17.9 Å². The van der Waals surface area contributed by atoms with E-state index in [0.29, 0.717) is 25.6 Å². The Morgan fingerprint density at radius 2 is 2.00 bits per heavy atom. The highest BCUT2D eigenvalue weighted by molar-refractivity contribution is 5.76. The predicted octanol–water partition coefficient (Wildman–Crippen LogP) is 0.543. The second-order valence-electron chi connectivity index (χ2n) is 7.77. The van der Waals surface area contributed by atoms with E-state index >= 15 is 0 Å². The Morgan fingerprint density at radius 3 is 2.62 bits per heavy atom. The van der Waals surface area contributed by atoms with Crippen LogP contribution in [0.15, 0.2) is 6.33 Å². The second-order valence-corrected chi connectivity index (χ2v) is 7.77. The van der Waals surface area contributed by atoms with Crippen LogP contribution >= 0.6 is 0 Å². The summed E-state index contributed by atoms with van der Waals surface area (Å²) in [6, 6.07) is 0.616. The number of likely N-dealkylation sites (tertiary alicyclic amines) is 1. The molecule has 3 rings (SSSR count). The van der Waals surface area contributed by atoms with Gasteiger partial charge in [-0.2, -0.15) is 0 Å². The Hall–Kier alpha value is -1.96. The fourth-order valence-corrected chi connectivity index (χ4v) is 3.72. The first-order chi connectivity index (χ1) is 12.4. The number of hydrogen-bond acceptors (Lipinski definition) is 5.